The first-order valence-corrected chi connectivity index (χ1v) is 16.4. The van der Waals surface area contributed by atoms with E-state index in [2.05, 4.69) is 0 Å². The molecule has 0 aliphatic carbocycles. The van der Waals surface area contributed by atoms with Crippen molar-refractivity contribution in [1.29, 1.82) is 0 Å². The van der Waals surface area contributed by atoms with Gasteiger partial charge in [0.1, 0.15) is 0 Å². The molecule has 0 heterocycles. The molecule has 0 fully saturated rings. The Bertz CT molecular complexity index is 1290. The van der Waals surface area contributed by atoms with Gasteiger partial charge < -0.3 is 0 Å². The van der Waals surface area contributed by atoms with Crippen molar-refractivity contribution >= 4 is 35.2 Å². The third kappa shape index (κ3) is 6.05. The number of aryl methyl sites for hydroxylation is 6. The van der Waals surface area contributed by atoms with Crippen LogP contribution in [0.25, 0.3) is 0 Å². The van der Waals surface area contributed by atoms with Crippen LogP contribution in [0.15, 0.2) is 18.2 Å². The molecule has 0 radical (unpaired) electrons. The standard InChI is InChI=1S/3C11H14O2.Ga/c3*1-6-5-7(2)9(4)10(8(6)3)11(12)13;/h3*5H,1-4H3,(H,12,13);/q;;;+3/p-3. The average Bonchev–Trinajstić information content (AvgIpc) is 2.85. The fourth-order valence-corrected chi connectivity index (χ4v) is 7.23. The summed E-state index contributed by atoms with van der Waals surface area (Å²) >= 11 is -4.31. The van der Waals surface area contributed by atoms with Crippen molar-refractivity contribution in [3.05, 3.63) is 102 Å². The summed E-state index contributed by atoms with van der Waals surface area (Å²) in [5, 5.41) is 0. The molecule has 6 nitrogen and oxygen atoms in total. The zero-order valence-electron chi connectivity index (χ0n) is 25.8. The molecular weight excluding hydrogens is 562 g/mol. The molecule has 7 heteroatoms. The van der Waals surface area contributed by atoms with E-state index in [9.17, 15) is 14.4 Å². The Morgan fingerprint density at radius 3 is 0.750 bits per heavy atom. The van der Waals surface area contributed by atoms with Gasteiger partial charge in [-0.1, -0.05) is 0 Å². The van der Waals surface area contributed by atoms with Gasteiger partial charge in [0.05, 0.1) is 0 Å². The van der Waals surface area contributed by atoms with Gasteiger partial charge in [-0.2, -0.15) is 0 Å². The molecule has 0 aliphatic rings. The normalized spacial score (nSPS) is 10.8. The van der Waals surface area contributed by atoms with Crippen LogP contribution in [0, 0.1) is 83.1 Å². The topological polar surface area (TPSA) is 78.9 Å². The quantitative estimate of drug-likeness (QED) is 0.277. The fourth-order valence-electron chi connectivity index (χ4n) is 5.08. The summed E-state index contributed by atoms with van der Waals surface area (Å²) in [6.07, 6.45) is 0. The van der Waals surface area contributed by atoms with Crippen LogP contribution in [0.4, 0.5) is 0 Å². The Morgan fingerprint density at radius 1 is 0.400 bits per heavy atom. The third-order valence-corrected chi connectivity index (χ3v) is 10.9. The Hall–Kier alpha value is -3.29. The van der Waals surface area contributed by atoms with E-state index in [-0.39, 0.29) is 0 Å². The molecule has 0 spiro atoms. The minimum absolute atomic E-state index is 0.401. The molecule has 3 aromatic carbocycles. The van der Waals surface area contributed by atoms with E-state index >= 15 is 0 Å². The Kier molecular flexibility index (Phi) is 9.42. The zero-order chi connectivity index (χ0) is 30.2. The molecule has 0 bridgehead atoms. The molecule has 0 saturated carbocycles. The first kappa shape index (κ1) is 31.2. The van der Waals surface area contributed by atoms with Gasteiger partial charge in [-0.05, 0) is 0 Å². The predicted molar refractivity (Wildman–Crippen MR) is 158 cm³/mol. The third-order valence-electron chi connectivity index (χ3n) is 8.32. The zero-order valence-corrected chi connectivity index (χ0v) is 28.2. The number of hydrogen-bond donors (Lipinski definition) is 0. The molecule has 0 amide bonds. The second-order valence-electron chi connectivity index (χ2n) is 10.9. The van der Waals surface area contributed by atoms with Crippen LogP contribution in [0.2, 0.25) is 0 Å². The van der Waals surface area contributed by atoms with Crippen LogP contribution in [0.1, 0.15) is 97.8 Å². The number of rotatable bonds is 6. The van der Waals surface area contributed by atoms with Gasteiger partial charge >= 0.3 is 245 Å². The summed E-state index contributed by atoms with van der Waals surface area (Å²) in [6.45, 7) is 22.7. The van der Waals surface area contributed by atoms with Crippen LogP contribution in [-0.4, -0.2) is 35.2 Å². The van der Waals surface area contributed by atoms with E-state index in [1.54, 1.807) is 0 Å². The van der Waals surface area contributed by atoms with Crippen LogP contribution < -0.4 is 0 Å². The predicted octanol–water partition coefficient (Wildman–Crippen LogP) is 7.24. The Labute approximate surface area is 244 Å². The fraction of sp³-hybridized carbons (Fsp3) is 0.364. The van der Waals surface area contributed by atoms with Crippen molar-refractivity contribution in [3.8, 4) is 0 Å². The maximum atomic E-state index is 13.6. The summed E-state index contributed by atoms with van der Waals surface area (Å²) in [5.74, 6) is -1.97. The van der Waals surface area contributed by atoms with Crippen LogP contribution >= 0.6 is 0 Å². The van der Waals surface area contributed by atoms with E-state index in [1.165, 1.54) is 0 Å². The number of carbonyl (C=O) groups is 3. The first-order chi connectivity index (χ1) is 18.6. The van der Waals surface area contributed by atoms with Gasteiger partial charge in [-0.3, -0.25) is 0 Å². The molecule has 0 N–H and O–H groups in total. The Morgan fingerprint density at radius 2 is 0.575 bits per heavy atom. The van der Waals surface area contributed by atoms with Crippen molar-refractivity contribution < 1.29 is 25.0 Å². The van der Waals surface area contributed by atoms with Gasteiger partial charge in [0.25, 0.3) is 0 Å². The first-order valence-electron chi connectivity index (χ1n) is 13.4. The summed E-state index contributed by atoms with van der Waals surface area (Å²) in [6, 6.07) is 6.03. The monoisotopic (exact) mass is 600 g/mol. The molecule has 0 aliphatic heterocycles. The van der Waals surface area contributed by atoms with Gasteiger partial charge in [-0.25, -0.2) is 0 Å². The van der Waals surface area contributed by atoms with Crippen LogP contribution in [0.3, 0.4) is 0 Å². The molecule has 3 rings (SSSR count). The average molecular weight is 601 g/mol. The van der Waals surface area contributed by atoms with E-state index in [0.717, 1.165) is 66.8 Å². The number of benzene rings is 3. The minimum atomic E-state index is -4.31. The van der Waals surface area contributed by atoms with Crippen molar-refractivity contribution in [3.63, 3.8) is 0 Å². The molecule has 40 heavy (non-hydrogen) atoms. The Balaban J connectivity index is 2.07. The maximum absolute atomic E-state index is 13.6. The van der Waals surface area contributed by atoms with Gasteiger partial charge in [0.2, 0.25) is 0 Å². The summed E-state index contributed by atoms with van der Waals surface area (Å²) in [7, 11) is 0. The van der Waals surface area contributed by atoms with Crippen molar-refractivity contribution in [2.75, 3.05) is 0 Å². The van der Waals surface area contributed by atoms with Crippen LogP contribution in [0.5, 0.6) is 0 Å². The van der Waals surface area contributed by atoms with Crippen LogP contribution in [-0.2, 0) is 10.6 Å². The second kappa shape index (κ2) is 12.1. The van der Waals surface area contributed by atoms with Gasteiger partial charge in [-0.15, -0.1) is 0 Å². The summed E-state index contributed by atoms with van der Waals surface area (Å²) in [4.78, 5) is 40.7. The van der Waals surface area contributed by atoms with Crippen molar-refractivity contribution in [1.82, 2.24) is 0 Å². The number of hydrogen-bond acceptors (Lipinski definition) is 6. The van der Waals surface area contributed by atoms with E-state index in [0.29, 0.717) is 16.7 Å². The molecule has 0 atom stereocenters. The second-order valence-corrected chi connectivity index (χ2v) is 13.6. The molecular formula is C33H39GaO6. The summed E-state index contributed by atoms with van der Waals surface area (Å²) in [5.41, 5.74) is 11.5. The van der Waals surface area contributed by atoms with Gasteiger partial charge in [0.15, 0.2) is 0 Å². The van der Waals surface area contributed by atoms with E-state index < -0.39 is 35.2 Å². The van der Waals surface area contributed by atoms with E-state index in [4.69, 9.17) is 10.6 Å². The van der Waals surface area contributed by atoms with Crippen molar-refractivity contribution in [2.45, 2.75) is 83.1 Å². The van der Waals surface area contributed by atoms with E-state index in [1.807, 2.05) is 101 Å². The van der Waals surface area contributed by atoms with Gasteiger partial charge in [0, 0.05) is 0 Å². The summed E-state index contributed by atoms with van der Waals surface area (Å²) < 4.78 is 17.5. The number of carbonyl (C=O) groups excluding carboxylic acids is 3. The molecule has 210 valence electrons. The molecule has 3 aromatic rings. The molecule has 0 saturated heterocycles. The molecule has 0 unspecified atom stereocenters. The molecule has 0 aromatic heterocycles. The van der Waals surface area contributed by atoms with Crippen molar-refractivity contribution in [2.24, 2.45) is 0 Å². The SMILES string of the molecule is Cc1cc(C)c(C)c(C(=O)[O][Ga]([O]C(=O)c2c(C)c(C)cc(C)c2C)[O]C(=O)c2c(C)c(C)cc(C)c2C)c1C.